The van der Waals surface area contributed by atoms with Crippen LogP contribution < -0.4 is 15.4 Å². The minimum absolute atomic E-state index is 0. The number of hydrogen-bond donors (Lipinski definition) is 2. The van der Waals surface area contributed by atoms with Gasteiger partial charge in [-0.3, -0.25) is 0 Å². The van der Waals surface area contributed by atoms with E-state index in [4.69, 9.17) is 19.2 Å². The summed E-state index contributed by atoms with van der Waals surface area (Å²) in [5.74, 6) is 1.73. The first-order valence-corrected chi connectivity index (χ1v) is 8.57. The van der Waals surface area contributed by atoms with Crippen LogP contribution in [0.15, 0.2) is 29.3 Å². The summed E-state index contributed by atoms with van der Waals surface area (Å²) in [7, 11) is 3.39. The van der Waals surface area contributed by atoms with E-state index >= 15 is 0 Å². The Morgan fingerprint density at radius 1 is 1.12 bits per heavy atom. The maximum Gasteiger partial charge on any atom is 0.191 e. The second kappa shape index (κ2) is 13.2. The highest BCUT2D eigenvalue weighted by Crippen LogP contribution is 2.20. The molecule has 7 heteroatoms. The number of aliphatic imine (C=N–C) groups is 1. The third-order valence-corrected chi connectivity index (χ3v) is 3.66. The van der Waals surface area contributed by atoms with Crippen molar-refractivity contribution in [3.8, 4) is 5.75 Å². The topological polar surface area (TPSA) is 64.1 Å². The van der Waals surface area contributed by atoms with Gasteiger partial charge in [0.05, 0.1) is 13.2 Å². The van der Waals surface area contributed by atoms with E-state index < -0.39 is 0 Å². The van der Waals surface area contributed by atoms with Crippen molar-refractivity contribution in [2.75, 3.05) is 40.6 Å². The van der Waals surface area contributed by atoms with Gasteiger partial charge in [-0.15, -0.1) is 24.0 Å². The molecular formula is C18H30IN3O3. The number of halogens is 1. The van der Waals surface area contributed by atoms with Crippen LogP contribution in [0.3, 0.4) is 0 Å². The molecule has 1 fully saturated rings. The summed E-state index contributed by atoms with van der Waals surface area (Å²) in [5, 5.41) is 6.81. The molecule has 0 unspecified atom stereocenters. The smallest absolute Gasteiger partial charge is 0.191 e. The van der Waals surface area contributed by atoms with Crippen molar-refractivity contribution in [2.24, 2.45) is 4.99 Å². The fourth-order valence-electron chi connectivity index (χ4n) is 2.17. The highest BCUT2D eigenvalue weighted by atomic mass is 127. The Morgan fingerprint density at radius 3 is 2.60 bits per heavy atom. The van der Waals surface area contributed by atoms with Gasteiger partial charge in [-0.25, -0.2) is 4.99 Å². The van der Waals surface area contributed by atoms with Crippen LogP contribution in [0.5, 0.6) is 5.75 Å². The number of nitrogens with zero attached hydrogens (tertiary/aromatic N) is 1. The average molecular weight is 463 g/mol. The molecule has 6 nitrogen and oxygen atoms in total. The molecule has 2 rings (SSSR count). The maximum atomic E-state index is 5.76. The molecule has 0 saturated heterocycles. The van der Waals surface area contributed by atoms with Crippen LogP contribution in [0.4, 0.5) is 0 Å². The van der Waals surface area contributed by atoms with Gasteiger partial charge < -0.3 is 24.8 Å². The molecular weight excluding hydrogens is 433 g/mol. The van der Waals surface area contributed by atoms with E-state index in [-0.39, 0.29) is 24.0 Å². The van der Waals surface area contributed by atoms with E-state index in [1.807, 2.05) is 24.3 Å². The fourth-order valence-corrected chi connectivity index (χ4v) is 2.17. The van der Waals surface area contributed by atoms with E-state index in [1.54, 1.807) is 14.2 Å². The number of benzene rings is 1. The Kier molecular flexibility index (Phi) is 11.6. The Balaban J connectivity index is 0.00000312. The van der Waals surface area contributed by atoms with Gasteiger partial charge in [-0.05, 0) is 25.3 Å². The molecule has 1 aromatic rings. The summed E-state index contributed by atoms with van der Waals surface area (Å²) in [6.45, 7) is 3.29. The Morgan fingerprint density at radius 2 is 1.88 bits per heavy atom. The SMILES string of the molecule is COCCCNC(=NCc1ccccc1OCCOC)NC1CC1.I. The number of rotatable bonds is 11. The van der Waals surface area contributed by atoms with E-state index in [1.165, 1.54) is 12.8 Å². The van der Waals surface area contributed by atoms with Crippen LogP contribution in [-0.4, -0.2) is 52.6 Å². The van der Waals surface area contributed by atoms with Crippen LogP contribution in [0.1, 0.15) is 24.8 Å². The third kappa shape index (κ3) is 9.27. The quantitative estimate of drug-likeness (QED) is 0.229. The highest BCUT2D eigenvalue weighted by Gasteiger charge is 2.22. The van der Waals surface area contributed by atoms with Crippen LogP contribution in [0.2, 0.25) is 0 Å². The lowest BCUT2D eigenvalue weighted by atomic mass is 10.2. The van der Waals surface area contributed by atoms with Crippen molar-refractivity contribution in [1.82, 2.24) is 10.6 Å². The van der Waals surface area contributed by atoms with Gasteiger partial charge >= 0.3 is 0 Å². The van der Waals surface area contributed by atoms with Crippen molar-refractivity contribution >= 4 is 29.9 Å². The number of guanidine groups is 1. The zero-order chi connectivity index (χ0) is 17.0. The van der Waals surface area contributed by atoms with Gasteiger partial charge in [0.25, 0.3) is 0 Å². The number of nitrogens with one attached hydrogen (secondary N) is 2. The lowest BCUT2D eigenvalue weighted by Gasteiger charge is -2.13. The van der Waals surface area contributed by atoms with Crippen molar-refractivity contribution in [1.29, 1.82) is 0 Å². The summed E-state index contributed by atoms with van der Waals surface area (Å²) < 4.78 is 15.9. The Hall–Kier alpha value is -1.06. The Bertz CT molecular complexity index is 510. The molecule has 0 amide bonds. The third-order valence-electron chi connectivity index (χ3n) is 3.66. The molecule has 142 valence electrons. The molecule has 0 heterocycles. The molecule has 0 spiro atoms. The highest BCUT2D eigenvalue weighted by molar-refractivity contribution is 14.0. The summed E-state index contributed by atoms with van der Waals surface area (Å²) in [5.41, 5.74) is 1.07. The number of methoxy groups -OCH3 is 2. The van der Waals surface area contributed by atoms with E-state index in [0.29, 0.717) is 25.8 Å². The molecule has 2 N–H and O–H groups in total. The minimum atomic E-state index is 0. The predicted octanol–water partition coefficient (Wildman–Crippen LogP) is 2.56. The van der Waals surface area contributed by atoms with Crippen LogP contribution in [0, 0.1) is 0 Å². The first-order valence-electron chi connectivity index (χ1n) is 8.57. The zero-order valence-electron chi connectivity index (χ0n) is 15.1. The van der Waals surface area contributed by atoms with E-state index in [2.05, 4.69) is 10.6 Å². The normalized spacial score (nSPS) is 13.9. The first-order chi connectivity index (χ1) is 11.8. The lowest BCUT2D eigenvalue weighted by Crippen LogP contribution is -2.39. The fraction of sp³-hybridized carbons (Fsp3) is 0.611. The molecule has 1 aliphatic carbocycles. The molecule has 1 aromatic carbocycles. The molecule has 0 bridgehead atoms. The molecule has 25 heavy (non-hydrogen) atoms. The summed E-state index contributed by atoms with van der Waals surface area (Å²) in [6.07, 6.45) is 3.39. The predicted molar refractivity (Wildman–Crippen MR) is 111 cm³/mol. The summed E-state index contributed by atoms with van der Waals surface area (Å²) >= 11 is 0. The standard InChI is InChI=1S/C18H29N3O3.HI/c1-22-11-5-10-19-18(21-16-8-9-16)20-14-15-6-3-4-7-17(15)24-13-12-23-2;/h3-4,6-7,16H,5,8-14H2,1-2H3,(H2,19,20,21);1H. The van der Waals surface area contributed by atoms with Gasteiger partial charge in [0, 0.05) is 39.0 Å². The van der Waals surface area contributed by atoms with Gasteiger partial charge in [0.15, 0.2) is 5.96 Å². The summed E-state index contributed by atoms with van der Waals surface area (Å²) in [6, 6.07) is 8.56. The van der Waals surface area contributed by atoms with Crippen LogP contribution in [0.25, 0.3) is 0 Å². The average Bonchev–Trinajstić information content (AvgIpc) is 3.41. The largest absolute Gasteiger partial charge is 0.491 e. The van der Waals surface area contributed by atoms with E-state index in [0.717, 1.165) is 36.8 Å². The van der Waals surface area contributed by atoms with Crippen molar-refractivity contribution in [3.63, 3.8) is 0 Å². The number of ether oxygens (including phenoxy) is 3. The van der Waals surface area contributed by atoms with Crippen LogP contribution >= 0.6 is 24.0 Å². The van der Waals surface area contributed by atoms with Crippen LogP contribution in [-0.2, 0) is 16.0 Å². The monoisotopic (exact) mass is 463 g/mol. The van der Waals surface area contributed by atoms with Gasteiger partial charge in [-0.1, -0.05) is 18.2 Å². The van der Waals surface area contributed by atoms with Gasteiger partial charge in [-0.2, -0.15) is 0 Å². The molecule has 0 aromatic heterocycles. The molecule has 0 radical (unpaired) electrons. The minimum Gasteiger partial charge on any atom is -0.491 e. The van der Waals surface area contributed by atoms with Crippen molar-refractivity contribution in [3.05, 3.63) is 29.8 Å². The Labute approximate surface area is 167 Å². The maximum absolute atomic E-state index is 5.76. The number of hydrogen-bond acceptors (Lipinski definition) is 4. The molecule has 1 saturated carbocycles. The van der Waals surface area contributed by atoms with E-state index in [9.17, 15) is 0 Å². The van der Waals surface area contributed by atoms with Crippen molar-refractivity contribution < 1.29 is 14.2 Å². The van der Waals surface area contributed by atoms with Gasteiger partial charge in [0.2, 0.25) is 0 Å². The first kappa shape index (κ1) is 22.0. The number of para-hydroxylation sites is 1. The lowest BCUT2D eigenvalue weighted by molar-refractivity contribution is 0.146. The molecule has 0 atom stereocenters. The second-order valence-corrected chi connectivity index (χ2v) is 5.81. The molecule has 0 aliphatic heterocycles. The second-order valence-electron chi connectivity index (χ2n) is 5.81. The zero-order valence-corrected chi connectivity index (χ0v) is 17.5. The summed E-state index contributed by atoms with van der Waals surface area (Å²) in [4.78, 5) is 4.70. The van der Waals surface area contributed by atoms with Gasteiger partial charge in [0.1, 0.15) is 12.4 Å². The van der Waals surface area contributed by atoms with Crippen molar-refractivity contribution in [2.45, 2.75) is 31.8 Å². The molecule has 1 aliphatic rings.